The van der Waals surface area contributed by atoms with Gasteiger partial charge in [0.25, 0.3) is 10.0 Å². The summed E-state index contributed by atoms with van der Waals surface area (Å²) in [6, 6.07) is 14.4. The van der Waals surface area contributed by atoms with Crippen molar-refractivity contribution in [3.05, 3.63) is 54.1 Å². The molecule has 0 unspecified atom stereocenters. The maximum Gasteiger partial charge on any atom is 0.266 e. The monoisotopic (exact) mass is 392 g/mol. The fraction of sp³-hybridized carbons (Fsp3) is 0.278. The average molecular weight is 393 g/mol. The number of anilines is 1. The summed E-state index contributed by atoms with van der Waals surface area (Å²) in [7, 11) is -0.649. The molecule has 1 aromatic heterocycles. The zero-order chi connectivity index (χ0) is 18.6. The predicted octanol–water partition coefficient (Wildman–Crippen LogP) is 3.28. The number of aromatic nitrogens is 1. The van der Waals surface area contributed by atoms with Crippen LogP contribution in [-0.2, 0) is 26.1 Å². The van der Waals surface area contributed by atoms with Gasteiger partial charge in [-0.25, -0.2) is 17.7 Å². The molecule has 1 heterocycles. The molecule has 8 heteroatoms. The van der Waals surface area contributed by atoms with Crippen molar-refractivity contribution in [2.45, 2.75) is 11.5 Å². The largest absolute Gasteiger partial charge is 0.383 e. The van der Waals surface area contributed by atoms with Gasteiger partial charge in [-0.2, -0.15) is 0 Å². The number of thiazole rings is 1. The van der Waals surface area contributed by atoms with Gasteiger partial charge in [-0.1, -0.05) is 35.6 Å². The molecular weight excluding hydrogens is 372 g/mol. The van der Waals surface area contributed by atoms with Crippen LogP contribution in [0.3, 0.4) is 0 Å². The van der Waals surface area contributed by atoms with Crippen molar-refractivity contribution in [2.24, 2.45) is 0 Å². The molecular formula is C18H20N2O4S2. The highest BCUT2D eigenvalue weighted by atomic mass is 32.2. The first kappa shape index (κ1) is 18.8. The molecule has 0 fully saturated rings. The van der Waals surface area contributed by atoms with E-state index in [2.05, 4.69) is 4.98 Å². The van der Waals surface area contributed by atoms with Gasteiger partial charge < -0.3 is 9.47 Å². The van der Waals surface area contributed by atoms with Crippen LogP contribution in [-0.4, -0.2) is 40.8 Å². The summed E-state index contributed by atoms with van der Waals surface area (Å²) >= 11 is 1.35. The van der Waals surface area contributed by atoms with E-state index in [1.807, 2.05) is 30.3 Å². The van der Waals surface area contributed by atoms with Crippen LogP contribution in [0.25, 0.3) is 10.2 Å². The Hall–Kier alpha value is -2.00. The van der Waals surface area contributed by atoms with Crippen molar-refractivity contribution in [1.82, 2.24) is 4.98 Å². The highest BCUT2D eigenvalue weighted by Crippen LogP contribution is 2.32. The molecule has 0 spiro atoms. The minimum absolute atomic E-state index is 0.188. The number of fused-ring (bicyclic) bond motifs is 1. The Kier molecular flexibility index (Phi) is 5.87. The predicted molar refractivity (Wildman–Crippen MR) is 103 cm³/mol. The van der Waals surface area contributed by atoms with E-state index in [4.69, 9.17) is 9.47 Å². The summed E-state index contributed by atoms with van der Waals surface area (Å²) in [6.07, 6.45) is 0. The molecule has 0 N–H and O–H groups in total. The summed E-state index contributed by atoms with van der Waals surface area (Å²) in [5.41, 5.74) is 1.57. The van der Waals surface area contributed by atoms with Gasteiger partial charge in [0.15, 0.2) is 0 Å². The number of hydrogen-bond acceptors (Lipinski definition) is 6. The Morgan fingerprint density at radius 3 is 2.62 bits per heavy atom. The van der Waals surface area contributed by atoms with E-state index >= 15 is 0 Å². The second-order valence-corrected chi connectivity index (χ2v) is 8.49. The molecule has 138 valence electrons. The third-order valence-corrected chi connectivity index (χ3v) is 6.75. The van der Waals surface area contributed by atoms with E-state index in [1.54, 1.807) is 32.4 Å². The number of methoxy groups -OCH3 is 2. The third kappa shape index (κ3) is 3.88. The molecule has 26 heavy (non-hydrogen) atoms. The molecule has 0 saturated carbocycles. The Morgan fingerprint density at radius 1 is 1.08 bits per heavy atom. The van der Waals surface area contributed by atoms with Crippen molar-refractivity contribution >= 4 is 36.7 Å². The van der Waals surface area contributed by atoms with Crippen LogP contribution in [0.5, 0.6) is 0 Å². The molecule has 3 rings (SSSR count). The molecule has 2 aromatic carbocycles. The molecule has 0 aliphatic heterocycles. The fourth-order valence-electron chi connectivity index (χ4n) is 2.55. The minimum atomic E-state index is -3.77. The minimum Gasteiger partial charge on any atom is -0.383 e. The molecule has 0 saturated heterocycles. The number of nitrogens with zero attached hydrogens (tertiary/aromatic N) is 2. The number of benzene rings is 2. The Balaban J connectivity index is 2.04. The van der Waals surface area contributed by atoms with Gasteiger partial charge >= 0.3 is 0 Å². The van der Waals surface area contributed by atoms with Crippen molar-refractivity contribution in [1.29, 1.82) is 0 Å². The lowest BCUT2D eigenvalue weighted by Crippen LogP contribution is -2.34. The number of sulfonamides is 1. The van der Waals surface area contributed by atoms with Crippen molar-refractivity contribution < 1.29 is 17.9 Å². The van der Waals surface area contributed by atoms with Crippen LogP contribution in [0, 0.1) is 0 Å². The molecule has 0 bridgehead atoms. The summed E-state index contributed by atoms with van der Waals surface area (Å²) in [4.78, 5) is 4.71. The smallest absolute Gasteiger partial charge is 0.266 e. The lowest BCUT2D eigenvalue weighted by molar-refractivity contribution is 0.184. The standard InChI is InChI=1S/C18H20N2O4S2/c1-23-11-10-20(18-19-16-8-3-4-9-17(16)25-18)26(21,22)15-7-5-6-14(12-15)13-24-2/h3-9,12H,10-11,13H2,1-2H3. The first-order chi connectivity index (χ1) is 12.6. The van der Waals surface area contributed by atoms with E-state index in [0.717, 1.165) is 15.8 Å². The van der Waals surface area contributed by atoms with Crippen LogP contribution in [0.15, 0.2) is 53.4 Å². The van der Waals surface area contributed by atoms with Gasteiger partial charge in [-0.15, -0.1) is 0 Å². The molecule has 0 aliphatic carbocycles. The van der Waals surface area contributed by atoms with Gasteiger partial charge in [-0.05, 0) is 29.8 Å². The molecule has 0 atom stereocenters. The second kappa shape index (κ2) is 8.13. The van der Waals surface area contributed by atoms with Crippen LogP contribution in [0.4, 0.5) is 5.13 Å². The Morgan fingerprint density at radius 2 is 1.88 bits per heavy atom. The lowest BCUT2D eigenvalue weighted by Gasteiger charge is -2.21. The van der Waals surface area contributed by atoms with Crippen LogP contribution in [0.1, 0.15) is 5.56 Å². The Labute approximate surface area is 157 Å². The maximum absolute atomic E-state index is 13.3. The number of rotatable bonds is 8. The first-order valence-corrected chi connectivity index (χ1v) is 10.3. The fourth-order valence-corrected chi connectivity index (χ4v) is 5.22. The average Bonchev–Trinajstić information content (AvgIpc) is 3.06. The first-order valence-electron chi connectivity index (χ1n) is 8.01. The van der Waals surface area contributed by atoms with Crippen molar-refractivity contribution in [3.8, 4) is 0 Å². The van der Waals surface area contributed by atoms with Crippen molar-refractivity contribution in [3.63, 3.8) is 0 Å². The number of hydrogen-bond donors (Lipinski definition) is 0. The molecule has 0 amide bonds. The summed E-state index contributed by atoms with van der Waals surface area (Å²) < 4.78 is 39.0. The quantitative estimate of drug-likeness (QED) is 0.588. The van der Waals surface area contributed by atoms with Crippen LogP contribution >= 0.6 is 11.3 Å². The zero-order valence-corrected chi connectivity index (χ0v) is 16.2. The highest BCUT2D eigenvalue weighted by molar-refractivity contribution is 7.93. The number of ether oxygens (including phenoxy) is 2. The third-order valence-electron chi connectivity index (χ3n) is 3.79. The summed E-state index contributed by atoms with van der Waals surface area (Å²) in [5, 5.41) is 0.431. The van der Waals surface area contributed by atoms with Gasteiger partial charge in [0.1, 0.15) is 0 Å². The highest BCUT2D eigenvalue weighted by Gasteiger charge is 2.27. The van der Waals surface area contributed by atoms with E-state index in [1.165, 1.54) is 15.6 Å². The maximum atomic E-state index is 13.3. The molecule has 0 aliphatic rings. The van der Waals surface area contributed by atoms with Gasteiger partial charge in [-0.3, -0.25) is 0 Å². The molecule has 6 nitrogen and oxygen atoms in total. The van der Waals surface area contributed by atoms with Gasteiger partial charge in [0, 0.05) is 14.2 Å². The number of para-hydroxylation sites is 1. The zero-order valence-electron chi connectivity index (χ0n) is 14.6. The lowest BCUT2D eigenvalue weighted by atomic mass is 10.2. The normalized spacial score (nSPS) is 11.8. The SMILES string of the molecule is COCCN(c1nc2ccccc2s1)S(=O)(=O)c1cccc(COC)c1. The molecule has 0 radical (unpaired) electrons. The second-order valence-electron chi connectivity index (χ2n) is 5.61. The molecule has 3 aromatic rings. The van der Waals surface area contributed by atoms with Gasteiger partial charge in [0.05, 0.1) is 34.9 Å². The van der Waals surface area contributed by atoms with Crippen LogP contribution in [0.2, 0.25) is 0 Å². The summed E-state index contributed by atoms with van der Waals surface area (Å²) in [5.74, 6) is 0. The summed E-state index contributed by atoms with van der Waals surface area (Å²) in [6.45, 7) is 0.808. The van der Waals surface area contributed by atoms with E-state index in [9.17, 15) is 8.42 Å². The van der Waals surface area contributed by atoms with Crippen LogP contribution < -0.4 is 4.31 Å². The van der Waals surface area contributed by atoms with Gasteiger partial charge in [0.2, 0.25) is 5.13 Å². The van der Waals surface area contributed by atoms with Crippen molar-refractivity contribution in [2.75, 3.05) is 31.7 Å². The van der Waals surface area contributed by atoms with E-state index in [0.29, 0.717) is 11.7 Å². The topological polar surface area (TPSA) is 68.7 Å². The van der Waals surface area contributed by atoms with E-state index < -0.39 is 10.0 Å². The van der Waals surface area contributed by atoms with E-state index in [-0.39, 0.29) is 18.0 Å². The Bertz CT molecular complexity index is 953.